The molecule has 0 saturated heterocycles. The third-order valence-electron chi connectivity index (χ3n) is 3.72. The van der Waals surface area contributed by atoms with Crippen molar-refractivity contribution in [2.45, 2.75) is 25.5 Å². The monoisotopic (exact) mass is 405 g/mol. The van der Waals surface area contributed by atoms with E-state index < -0.39 is 12.1 Å². The second-order valence-corrected chi connectivity index (χ2v) is 6.35. The summed E-state index contributed by atoms with van der Waals surface area (Å²) in [6, 6.07) is 14.7. The van der Waals surface area contributed by atoms with E-state index in [2.05, 4.69) is 5.32 Å². The molecule has 0 aliphatic carbocycles. The zero-order valence-corrected chi connectivity index (χ0v) is 15.2. The first-order valence-electron chi connectivity index (χ1n) is 8.04. The fourth-order valence-corrected chi connectivity index (χ4v) is 2.64. The van der Waals surface area contributed by atoms with E-state index in [1.54, 1.807) is 24.3 Å². The zero-order valence-electron chi connectivity index (χ0n) is 14.5. The summed E-state index contributed by atoms with van der Waals surface area (Å²) in [4.78, 5) is 10.5. The van der Waals surface area contributed by atoms with Gasteiger partial charge in [-0.1, -0.05) is 35.9 Å². The van der Waals surface area contributed by atoms with Crippen LogP contribution in [0.4, 0.5) is 0 Å². The van der Waals surface area contributed by atoms with E-state index in [0.29, 0.717) is 17.3 Å². The number of aliphatic carboxylic acids is 1. The molecule has 0 bridgehead atoms. The van der Waals surface area contributed by atoms with Gasteiger partial charge in [-0.2, -0.15) is 0 Å². The van der Waals surface area contributed by atoms with Crippen LogP contribution in [0.2, 0.25) is 5.02 Å². The molecular weight excluding hydrogens is 381 g/mol. The van der Waals surface area contributed by atoms with E-state index in [1.165, 1.54) is 0 Å². The number of halogens is 1. The molecule has 2 aromatic rings. The van der Waals surface area contributed by atoms with Crippen LogP contribution in [-0.4, -0.2) is 70.4 Å². The number of carboxylic acids is 1. The van der Waals surface area contributed by atoms with Crippen molar-refractivity contribution >= 4 is 47.1 Å². The molecule has 0 heterocycles. The predicted octanol–water partition coefficient (Wildman–Crippen LogP) is 1.58. The summed E-state index contributed by atoms with van der Waals surface area (Å²) in [6.07, 6.45) is 0.162. The summed E-state index contributed by atoms with van der Waals surface area (Å²) in [5.41, 5.74) is 1.88. The van der Waals surface area contributed by atoms with Crippen LogP contribution in [0.1, 0.15) is 24.2 Å². The maximum absolute atomic E-state index is 10.5. The van der Waals surface area contributed by atoms with Crippen LogP contribution >= 0.6 is 11.6 Å². The second kappa shape index (κ2) is 13.1. The van der Waals surface area contributed by atoms with Crippen LogP contribution in [0, 0.1) is 0 Å². The Balaban J connectivity index is 0.00000338. The molecule has 0 aliphatic rings. The number of carbonyl (C=O) groups is 1. The number of benzene rings is 2. The summed E-state index contributed by atoms with van der Waals surface area (Å²) in [5, 5.41) is 22.7. The first-order valence-corrected chi connectivity index (χ1v) is 8.42. The van der Waals surface area contributed by atoms with Gasteiger partial charge in [0.1, 0.15) is 5.75 Å². The molecule has 5 N–H and O–H groups in total. The Kier molecular flexibility index (Phi) is 12.6. The molecule has 27 heavy (non-hydrogen) atoms. The van der Waals surface area contributed by atoms with Crippen molar-refractivity contribution in [2.75, 3.05) is 13.2 Å². The van der Waals surface area contributed by atoms with Crippen LogP contribution in [0.3, 0.4) is 0 Å². The molecule has 2 aromatic carbocycles. The molecule has 0 radical (unpaired) electrons. The zero-order chi connectivity index (χ0) is 18.2. The number of nitrogens with one attached hydrogen (secondary N) is 1. The average Bonchev–Trinajstić information content (AvgIpc) is 2.59. The van der Waals surface area contributed by atoms with Crippen molar-refractivity contribution in [2.24, 2.45) is 0 Å². The van der Waals surface area contributed by atoms with Gasteiger partial charge in [0.15, 0.2) is 6.61 Å². The Hall–Kier alpha value is -1.12. The van der Waals surface area contributed by atoms with Gasteiger partial charge >= 0.3 is 35.5 Å². The standard InChI is InChI=1S/C19H22ClNO4.Na.H2O.H/c1-13(21-11-18(22)15-3-2-4-16(20)10-15)9-14-5-7-17(8-6-14)25-12-19(23)24;;;/h2-8,10,13,18,21-22H,9,11-12H2,1H3,(H,23,24);;1H2;. The van der Waals surface area contributed by atoms with Crippen LogP contribution < -0.4 is 10.1 Å². The van der Waals surface area contributed by atoms with Crippen molar-refractivity contribution in [3.05, 3.63) is 64.7 Å². The minimum atomic E-state index is -1.000. The molecule has 0 saturated carbocycles. The van der Waals surface area contributed by atoms with E-state index >= 15 is 0 Å². The quantitative estimate of drug-likeness (QED) is 0.549. The predicted molar refractivity (Wildman–Crippen MR) is 108 cm³/mol. The van der Waals surface area contributed by atoms with Gasteiger partial charge in [0.05, 0.1) is 6.10 Å². The summed E-state index contributed by atoms with van der Waals surface area (Å²) < 4.78 is 5.11. The van der Waals surface area contributed by atoms with Gasteiger partial charge in [0.25, 0.3) is 0 Å². The van der Waals surface area contributed by atoms with Crippen LogP contribution in [0.5, 0.6) is 5.75 Å². The van der Waals surface area contributed by atoms with Gasteiger partial charge < -0.3 is 25.7 Å². The van der Waals surface area contributed by atoms with Gasteiger partial charge in [-0.25, -0.2) is 4.79 Å². The normalized spacial score (nSPS) is 12.3. The SMILES string of the molecule is CC(Cc1ccc(OCC(=O)O)cc1)NCC(O)c1cccc(Cl)c1.O.[NaH]. The number of aliphatic hydroxyl groups is 1. The van der Waals surface area contributed by atoms with Crippen LogP contribution in [0.15, 0.2) is 48.5 Å². The molecule has 2 atom stereocenters. The number of hydrogen-bond donors (Lipinski definition) is 3. The maximum atomic E-state index is 10.5. The first kappa shape index (κ1) is 25.9. The van der Waals surface area contributed by atoms with E-state index in [1.807, 2.05) is 31.2 Å². The fraction of sp³-hybridized carbons (Fsp3) is 0.316. The second-order valence-electron chi connectivity index (χ2n) is 5.91. The summed E-state index contributed by atoms with van der Waals surface area (Å²) in [5.74, 6) is -0.469. The summed E-state index contributed by atoms with van der Waals surface area (Å²) in [7, 11) is 0. The number of ether oxygens (including phenoxy) is 1. The van der Waals surface area contributed by atoms with E-state index in [9.17, 15) is 9.90 Å². The molecule has 6 nitrogen and oxygen atoms in total. The first-order chi connectivity index (χ1) is 11.9. The molecule has 0 aromatic heterocycles. The van der Waals surface area contributed by atoms with Crippen molar-refractivity contribution < 1.29 is 25.2 Å². The topological polar surface area (TPSA) is 110 Å². The van der Waals surface area contributed by atoms with Crippen LogP contribution in [-0.2, 0) is 11.2 Å². The molecule has 144 valence electrons. The molecule has 0 aliphatic heterocycles. The molecule has 2 rings (SSSR count). The third-order valence-corrected chi connectivity index (χ3v) is 3.96. The summed E-state index contributed by atoms with van der Waals surface area (Å²) in [6.45, 7) is 2.12. The number of hydrogen-bond acceptors (Lipinski definition) is 4. The minimum absolute atomic E-state index is 0. The Morgan fingerprint density at radius 3 is 2.48 bits per heavy atom. The van der Waals surface area contributed by atoms with Crippen molar-refractivity contribution in [3.63, 3.8) is 0 Å². The van der Waals surface area contributed by atoms with Crippen molar-refractivity contribution in [3.8, 4) is 5.75 Å². The van der Waals surface area contributed by atoms with Crippen molar-refractivity contribution in [1.29, 1.82) is 0 Å². The molecule has 0 amide bonds. The van der Waals surface area contributed by atoms with Gasteiger partial charge in [-0.05, 0) is 48.7 Å². The third kappa shape index (κ3) is 9.58. The molecule has 0 spiro atoms. The molecule has 8 heteroatoms. The Morgan fingerprint density at radius 2 is 1.89 bits per heavy atom. The molecule has 2 unspecified atom stereocenters. The van der Waals surface area contributed by atoms with E-state index in [4.69, 9.17) is 21.4 Å². The van der Waals surface area contributed by atoms with E-state index in [-0.39, 0.29) is 47.7 Å². The average molecular weight is 406 g/mol. The van der Waals surface area contributed by atoms with Gasteiger partial charge in [-0.15, -0.1) is 0 Å². The van der Waals surface area contributed by atoms with Gasteiger partial charge in [0.2, 0.25) is 0 Å². The Bertz CT molecular complexity index is 699. The van der Waals surface area contributed by atoms with Crippen molar-refractivity contribution in [1.82, 2.24) is 5.32 Å². The summed E-state index contributed by atoms with van der Waals surface area (Å²) >= 11 is 5.94. The van der Waals surface area contributed by atoms with Gasteiger partial charge in [-0.3, -0.25) is 0 Å². The number of rotatable bonds is 9. The number of carboxylic acid groups (broad SMARTS) is 1. The van der Waals surface area contributed by atoms with Crippen LogP contribution in [0.25, 0.3) is 0 Å². The van der Waals surface area contributed by atoms with Gasteiger partial charge in [0, 0.05) is 17.6 Å². The fourth-order valence-electron chi connectivity index (χ4n) is 2.44. The Morgan fingerprint density at radius 1 is 1.22 bits per heavy atom. The molecule has 0 fully saturated rings. The van der Waals surface area contributed by atoms with E-state index in [0.717, 1.165) is 17.5 Å². The molecular formula is C19H25ClNNaO5. The number of aliphatic hydroxyl groups excluding tert-OH is 1. The Labute approximate surface area is 186 Å².